The molecule has 0 saturated heterocycles. The summed E-state index contributed by atoms with van der Waals surface area (Å²) < 4.78 is 2.48. The standard InChI is InChI=1S/C31H60N2/c1-5-7-9-11-13-15-16-17-18-20-22-24-26-30(4)33-28-27-32-31(33)29(3)25-23-21-19-14-12-10-8-6-2/h27-30H,5-26H2,1-4H3. The van der Waals surface area contributed by atoms with Crippen LogP contribution in [0.25, 0.3) is 0 Å². The van der Waals surface area contributed by atoms with Crippen molar-refractivity contribution in [2.24, 2.45) is 0 Å². The van der Waals surface area contributed by atoms with Gasteiger partial charge >= 0.3 is 0 Å². The fourth-order valence-corrected chi connectivity index (χ4v) is 5.21. The molecule has 33 heavy (non-hydrogen) atoms. The molecule has 0 aliphatic rings. The normalized spacial score (nSPS) is 13.5. The lowest BCUT2D eigenvalue weighted by Crippen LogP contribution is -2.11. The lowest BCUT2D eigenvalue weighted by Gasteiger charge is -2.20. The lowest BCUT2D eigenvalue weighted by atomic mass is 10.00. The van der Waals surface area contributed by atoms with Crippen molar-refractivity contribution in [2.45, 2.75) is 181 Å². The Kier molecular flexibility index (Phi) is 19.9. The first-order valence-corrected chi connectivity index (χ1v) is 15.2. The molecule has 0 saturated carbocycles. The summed E-state index contributed by atoms with van der Waals surface area (Å²) in [4.78, 5) is 4.76. The number of aromatic nitrogens is 2. The molecule has 0 aliphatic heterocycles. The zero-order valence-corrected chi connectivity index (χ0v) is 23.3. The zero-order valence-electron chi connectivity index (χ0n) is 23.3. The highest BCUT2D eigenvalue weighted by Crippen LogP contribution is 2.26. The summed E-state index contributed by atoms with van der Waals surface area (Å²) in [5, 5.41) is 0. The molecule has 0 aliphatic carbocycles. The summed E-state index contributed by atoms with van der Waals surface area (Å²) in [6.07, 6.45) is 35.2. The van der Waals surface area contributed by atoms with Gasteiger partial charge in [-0.05, 0) is 19.8 Å². The first-order chi connectivity index (χ1) is 16.2. The number of unbranched alkanes of at least 4 members (excludes halogenated alkanes) is 18. The fourth-order valence-electron chi connectivity index (χ4n) is 5.21. The summed E-state index contributed by atoms with van der Waals surface area (Å²) in [5.74, 6) is 1.91. The van der Waals surface area contributed by atoms with Gasteiger partial charge in [0, 0.05) is 24.4 Å². The fraction of sp³-hybridized carbons (Fsp3) is 0.903. The van der Waals surface area contributed by atoms with Crippen LogP contribution < -0.4 is 0 Å². The molecule has 2 atom stereocenters. The molecule has 0 N–H and O–H groups in total. The molecule has 1 heterocycles. The molecule has 1 aromatic rings. The molecule has 2 nitrogen and oxygen atoms in total. The summed E-state index contributed by atoms with van der Waals surface area (Å²) in [5.41, 5.74) is 0. The Morgan fingerprint density at radius 1 is 0.576 bits per heavy atom. The van der Waals surface area contributed by atoms with E-state index in [1.54, 1.807) is 0 Å². The van der Waals surface area contributed by atoms with E-state index in [1.807, 2.05) is 6.20 Å². The molecule has 194 valence electrons. The van der Waals surface area contributed by atoms with Gasteiger partial charge in [-0.25, -0.2) is 4.98 Å². The minimum atomic E-state index is 0.588. The Bertz CT molecular complexity index is 521. The Balaban J connectivity index is 2.08. The third kappa shape index (κ3) is 15.7. The Hall–Kier alpha value is -0.790. The summed E-state index contributed by atoms with van der Waals surface area (Å²) in [6.45, 7) is 9.38. The van der Waals surface area contributed by atoms with Crippen LogP contribution in [0.1, 0.15) is 187 Å². The largest absolute Gasteiger partial charge is 0.332 e. The number of hydrogen-bond donors (Lipinski definition) is 0. The first-order valence-electron chi connectivity index (χ1n) is 15.2. The van der Waals surface area contributed by atoms with E-state index < -0.39 is 0 Å². The van der Waals surface area contributed by atoms with Gasteiger partial charge in [0.05, 0.1) is 0 Å². The number of imidazole rings is 1. The lowest BCUT2D eigenvalue weighted by molar-refractivity contribution is 0.435. The Labute approximate surface area is 208 Å². The van der Waals surface area contributed by atoms with E-state index >= 15 is 0 Å². The maximum atomic E-state index is 4.76. The van der Waals surface area contributed by atoms with Crippen molar-refractivity contribution in [3.8, 4) is 0 Å². The van der Waals surface area contributed by atoms with Gasteiger partial charge in [0.2, 0.25) is 0 Å². The van der Waals surface area contributed by atoms with Crippen molar-refractivity contribution in [3.63, 3.8) is 0 Å². The van der Waals surface area contributed by atoms with Gasteiger partial charge in [0.15, 0.2) is 0 Å². The van der Waals surface area contributed by atoms with Crippen LogP contribution in [-0.2, 0) is 0 Å². The van der Waals surface area contributed by atoms with Crippen LogP contribution in [0.2, 0.25) is 0 Å². The highest BCUT2D eigenvalue weighted by Gasteiger charge is 2.15. The van der Waals surface area contributed by atoms with Crippen molar-refractivity contribution in [1.29, 1.82) is 0 Å². The maximum Gasteiger partial charge on any atom is 0.111 e. The van der Waals surface area contributed by atoms with Crippen LogP contribution in [0.5, 0.6) is 0 Å². The van der Waals surface area contributed by atoms with Crippen molar-refractivity contribution in [1.82, 2.24) is 9.55 Å². The highest BCUT2D eigenvalue weighted by molar-refractivity contribution is 5.00. The second-order valence-electron chi connectivity index (χ2n) is 10.9. The Morgan fingerprint density at radius 2 is 0.970 bits per heavy atom. The van der Waals surface area contributed by atoms with Crippen LogP contribution in [0.4, 0.5) is 0 Å². The SMILES string of the molecule is CCCCCCCCCCCCCCC(C)n1ccnc1C(C)CCCCCCCCCC. The van der Waals surface area contributed by atoms with Gasteiger partial charge in [-0.1, -0.05) is 149 Å². The van der Waals surface area contributed by atoms with E-state index in [2.05, 4.69) is 38.5 Å². The van der Waals surface area contributed by atoms with Crippen molar-refractivity contribution < 1.29 is 0 Å². The van der Waals surface area contributed by atoms with Crippen LogP contribution in [0, 0.1) is 0 Å². The van der Waals surface area contributed by atoms with E-state index in [-0.39, 0.29) is 0 Å². The molecule has 0 fully saturated rings. The molecular weight excluding hydrogens is 400 g/mol. The average Bonchev–Trinajstić information content (AvgIpc) is 3.31. The third-order valence-electron chi connectivity index (χ3n) is 7.58. The van der Waals surface area contributed by atoms with Crippen LogP contribution >= 0.6 is 0 Å². The van der Waals surface area contributed by atoms with Crippen molar-refractivity contribution in [3.05, 3.63) is 18.2 Å². The molecule has 0 amide bonds. The quantitative estimate of drug-likeness (QED) is 0.140. The van der Waals surface area contributed by atoms with Crippen molar-refractivity contribution >= 4 is 0 Å². The zero-order chi connectivity index (χ0) is 24.0. The predicted molar refractivity (Wildman–Crippen MR) is 148 cm³/mol. The van der Waals surface area contributed by atoms with Crippen LogP contribution in [0.15, 0.2) is 12.4 Å². The Morgan fingerprint density at radius 3 is 1.42 bits per heavy atom. The highest BCUT2D eigenvalue weighted by atomic mass is 15.1. The van der Waals surface area contributed by atoms with Crippen LogP contribution in [-0.4, -0.2) is 9.55 Å². The topological polar surface area (TPSA) is 17.8 Å². The van der Waals surface area contributed by atoms with Gasteiger partial charge in [-0.2, -0.15) is 0 Å². The molecule has 0 radical (unpaired) electrons. The van der Waals surface area contributed by atoms with Crippen molar-refractivity contribution in [2.75, 3.05) is 0 Å². The third-order valence-corrected chi connectivity index (χ3v) is 7.58. The summed E-state index contributed by atoms with van der Waals surface area (Å²) in [7, 11) is 0. The molecule has 1 rings (SSSR count). The molecule has 0 bridgehead atoms. The second-order valence-corrected chi connectivity index (χ2v) is 10.9. The molecule has 0 spiro atoms. The van der Waals surface area contributed by atoms with E-state index in [0.29, 0.717) is 12.0 Å². The van der Waals surface area contributed by atoms with Gasteiger partial charge < -0.3 is 4.57 Å². The molecular formula is C31H60N2. The molecule has 0 aromatic carbocycles. The number of hydrogen-bond acceptors (Lipinski definition) is 1. The van der Waals surface area contributed by atoms with E-state index in [0.717, 1.165) is 0 Å². The second kappa shape index (κ2) is 21.7. The van der Waals surface area contributed by atoms with Crippen LogP contribution in [0.3, 0.4) is 0 Å². The molecule has 2 unspecified atom stereocenters. The number of nitrogens with zero attached hydrogens (tertiary/aromatic N) is 2. The molecule has 1 aromatic heterocycles. The monoisotopic (exact) mass is 460 g/mol. The summed E-state index contributed by atoms with van der Waals surface area (Å²) >= 11 is 0. The van der Waals surface area contributed by atoms with Gasteiger partial charge in [0.1, 0.15) is 5.82 Å². The summed E-state index contributed by atoms with van der Waals surface area (Å²) in [6, 6.07) is 0.589. The molecule has 2 heteroatoms. The minimum absolute atomic E-state index is 0.588. The average molecular weight is 461 g/mol. The van der Waals surface area contributed by atoms with Gasteiger partial charge in [0.25, 0.3) is 0 Å². The van der Waals surface area contributed by atoms with Gasteiger partial charge in [-0.3, -0.25) is 0 Å². The van der Waals surface area contributed by atoms with E-state index in [4.69, 9.17) is 4.98 Å². The first kappa shape index (κ1) is 30.2. The number of rotatable bonds is 24. The smallest absolute Gasteiger partial charge is 0.111 e. The predicted octanol–water partition coefficient (Wildman–Crippen LogP) is 11.2. The van der Waals surface area contributed by atoms with E-state index in [1.165, 1.54) is 147 Å². The van der Waals surface area contributed by atoms with Gasteiger partial charge in [-0.15, -0.1) is 0 Å². The minimum Gasteiger partial charge on any atom is -0.332 e. The van der Waals surface area contributed by atoms with E-state index in [9.17, 15) is 0 Å². The maximum absolute atomic E-state index is 4.76.